The normalized spacial score (nSPS) is 14.0. The number of carbonyl (C=O) groups excluding carboxylic acids is 1. The van der Waals surface area contributed by atoms with Gasteiger partial charge in [-0.25, -0.2) is 8.78 Å². The van der Waals surface area contributed by atoms with Crippen LogP contribution in [-0.2, 0) is 4.79 Å². The predicted molar refractivity (Wildman–Crippen MR) is 77.9 cm³/mol. The van der Waals surface area contributed by atoms with Crippen molar-refractivity contribution in [3.63, 3.8) is 0 Å². The van der Waals surface area contributed by atoms with Crippen LogP contribution < -0.4 is 5.32 Å². The number of aliphatic hydroxyl groups is 1. The Hall–Kier alpha value is -1.49. The van der Waals surface area contributed by atoms with Crippen molar-refractivity contribution in [2.75, 3.05) is 6.54 Å². The van der Waals surface area contributed by atoms with Crippen LogP contribution in [0.25, 0.3) is 0 Å². The summed E-state index contributed by atoms with van der Waals surface area (Å²) in [6.45, 7) is 5.47. The molecule has 2 atom stereocenters. The molecule has 1 amide bonds. The number of rotatable bonds is 7. The summed E-state index contributed by atoms with van der Waals surface area (Å²) in [5.74, 6) is -2.81. The van der Waals surface area contributed by atoms with Gasteiger partial charge in [0.1, 0.15) is 11.6 Å². The molecule has 0 fully saturated rings. The van der Waals surface area contributed by atoms with E-state index in [4.69, 9.17) is 0 Å². The summed E-state index contributed by atoms with van der Waals surface area (Å²) in [4.78, 5) is 12.0. The first-order chi connectivity index (χ1) is 9.92. The van der Waals surface area contributed by atoms with Gasteiger partial charge < -0.3 is 10.4 Å². The quantitative estimate of drug-likeness (QED) is 0.813. The fourth-order valence-electron chi connectivity index (χ4n) is 2.41. The van der Waals surface area contributed by atoms with Crippen LogP contribution in [0.5, 0.6) is 0 Å². The van der Waals surface area contributed by atoms with E-state index in [1.54, 1.807) is 0 Å². The van der Waals surface area contributed by atoms with E-state index in [9.17, 15) is 18.7 Å². The van der Waals surface area contributed by atoms with Gasteiger partial charge in [-0.3, -0.25) is 4.79 Å². The summed E-state index contributed by atoms with van der Waals surface area (Å²) >= 11 is 0. The van der Waals surface area contributed by atoms with Crippen LogP contribution in [0.1, 0.15) is 45.1 Å². The number of amides is 1. The van der Waals surface area contributed by atoms with Crippen molar-refractivity contribution in [2.24, 2.45) is 5.92 Å². The molecular formula is C16H23F2NO2. The largest absolute Gasteiger partial charge is 0.391 e. The maximum absolute atomic E-state index is 13.6. The monoisotopic (exact) mass is 299 g/mol. The SMILES string of the molecule is CCC(CC)C(O)CNC(=O)C(C)c1c(F)cccc1F. The number of carbonyl (C=O) groups is 1. The lowest BCUT2D eigenvalue weighted by Gasteiger charge is -2.21. The van der Waals surface area contributed by atoms with Crippen molar-refractivity contribution in [3.05, 3.63) is 35.4 Å². The van der Waals surface area contributed by atoms with Gasteiger partial charge in [-0.2, -0.15) is 0 Å². The van der Waals surface area contributed by atoms with E-state index in [1.807, 2.05) is 13.8 Å². The molecule has 0 saturated carbocycles. The van der Waals surface area contributed by atoms with Crippen LogP contribution >= 0.6 is 0 Å². The standard InChI is InChI=1S/C16H23F2NO2/c1-4-11(5-2)14(20)9-19-16(21)10(3)15-12(17)7-6-8-13(15)18/h6-8,10-11,14,20H,4-5,9H2,1-3H3,(H,19,21). The number of hydrogen-bond acceptors (Lipinski definition) is 2. The molecule has 118 valence electrons. The van der Waals surface area contributed by atoms with Crippen molar-refractivity contribution in [2.45, 2.75) is 45.6 Å². The zero-order valence-corrected chi connectivity index (χ0v) is 12.7. The third-order valence-corrected chi connectivity index (χ3v) is 3.90. The molecule has 0 aliphatic heterocycles. The highest BCUT2D eigenvalue weighted by atomic mass is 19.1. The van der Waals surface area contributed by atoms with Gasteiger partial charge >= 0.3 is 0 Å². The Kier molecular flexibility index (Phi) is 6.75. The Balaban J connectivity index is 2.68. The maximum atomic E-state index is 13.6. The summed E-state index contributed by atoms with van der Waals surface area (Å²) in [6.07, 6.45) is 0.970. The Morgan fingerprint density at radius 3 is 2.24 bits per heavy atom. The van der Waals surface area contributed by atoms with Gasteiger partial charge in [0.2, 0.25) is 5.91 Å². The van der Waals surface area contributed by atoms with Gasteiger partial charge in [-0.1, -0.05) is 32.8 Å². The molecular weight excluding hydrogens is 276 g/mol. The minimum Gasteiger partial charge on any atom is -0.391 e. The second-order valence-electron chi connectivity index (χ2n) is 5.25. The zero-order chi connectivity index (χ0) is 16.0. The average molecular weight is 299 g/mol. The summed E-state index contributed by atoms with van der Waals surface area (Å²) in [5.41, 5.74) is -0.243. The summed E-state index contributed by atoms with van der Waals surface area (Å²) in [7, 11) is 0. The number of halogens is 2. The molecule has 0 radical (unpaired) electrons. The number of nitrogens with one attached hydrogen (secondary N) is 1. The molecule has 0 aromatic heterocycles. The van der Waals surface area contributed by atoms with E-state index in [0.29, 0.717) is 0 Å². The zero-order valence-electron chi connectivity index (χ0n) is 12.7. The number of hydrogen-bond donors (Lipinski definition) is 2. The molecule has 2 unspecified atom stereocenters. The molecule has 3 nitrogen and oxygen atoms in total. The van der Waals surface area contributed by atoms with E-state index in [-0.39, 0.29) is 18.0 Å². The Labute approximate surface area is 124 Å². The van der Waals surface area contributed by atoms with Gasteiger partial charge in [-0.15, -0.1) is 0 Å². The fourth-order valence-corrected chi connectivity index (χ4v) is 2.41. The molecule has 0 heterocycles. The lowest BCUT2D eigenvalue weighted by Crippen LogP contribution is -2.38. The van der Waals surface area contributed by atoms with E-state index >= 15 is 0 Å². The second kappa shape index (κ2) is 8.08. The molecule has 0 spiro atoms. The molecule has 1 rings (SSSR count). The van der Waals surface area contributed by atoms with Crippen LogP contribution in [0.15, 0.2) is 18.2 Å². The van der Waals surface area contributed by atoms with Crippen LogP contribution in [-0.4, -0.2) is 23.7 Å². The fraction of sp³-hybridized carbons (Fsp3) is 0.562. The Morgan fingerprint density at radius 1 is 1.24 bits per heavy atom. The second-order valence-corrected chi connectivity index (χ2v) is 5.25. The van der Waals surface area contributed by atoms with Gasteiger partial charge in [0, 0.05) is 12.1 Å². The molecule has 0 bridgehead atoms. The number of aliphatic hydroxyl groups excluding tert-OH is 1. The van der Waals surface area contributed by atoms with Crippen molar-refractivity contribution in [1.29, 1.82) is 0 Å². The number of benzene rings is 1. The first kappa shape index (κ1) is 17.6. The summed E-state index contributed by atoms with van der Waals surface area (Å²) in [5, 5.41) is 12.5. The molecule has 1 aromatic rings. The minimum absolute atomic E-state index is 0.0889. The molecule has 5 heteroatoms. The topological polar surface area (TPSA) is 49.3 Å². The van der Waals surface area contributed by atoms with E-state index in [1.165, 1.54) is 13.0 Å². The van der Waals surface area contributed by atoms with Gasteiger partial charge in [0.15, 0.2) is 0 Å². The van der Waals surface area contributed by atoms with Gasteiger partial charge in [0.25, 0.3) is 0 Å². The van der Waals surface area contributed by atoms with Crippen LogP contribution in [0.4, 0.5) is 8.78 Å². The van der Waals surface area contributed by atoms with E-state index in [2.05, 4.69) is 5.32 Å². The van der Waals surface area contributed by atoms with Gasteiger partial charge in [0.05, 0.1) is 12.0 Å². The molecule has 1 aromatic carbocycles. The highest BCUT2D eigenvalue weighted by Gasteiger charge is 2.24. The average Bonchev–Trinajstić information content (AvgIpc) is 2.45. The predicted octanol–water partition coefficient (Wildman–Crippen LogP) is 2.98. The third kappa shape index (κ3) is 4.49. The lowest BCUT2D eigenvalue weighted by atomic mass is 9.95. The highest BCUT2D eigenvalue weighted by Crippen LogP contribution is 2.22. The van der Waals surface area contributed by atoms with E-state index in [0.717, 1.165) is 25.0 Å². The van der Waals surface area contributed by atoms with Crippen molar-refractivity contribution < 1.29 is 18.7 Å². The first-order valence-electron chi connectivity index (χ1n) is 7.31. The van der Waals surface area contributed by atoms with Gasteiger partial charge in [-0.05, 0) is 25.0 Å². The van der Waals surface area contributed by atoms with E-state index < -0.39 is 29.6 Å². The lowest BCUT2D eigenvalue weighted by molar-refractivity contribution is -0.123. The first-order valence-corrected chi connectivity index (χ1v) is 7.31. The summed E-state index contributed by atoms with van der Waals surface area (Å²) in [6, 6.07) is 3.51. The molecule has 0 saturated heterocycles. The third-order valence-electron chi connectivity index (χ3n) is 3.90. The molecule has 0 aliphatic rings. The van der Waals surface area contributed by atoms with Crippen molar-refractivity contribution in [3.8, 4) is 0 Å². The Morgan fingerprint density at radius 2 is 1.76 bits per heavy atom. The molecule has 2 N–H and O–H groups in total. The van der Waals surface area contributed by atoms with Crippen LogP contribution in [0.3, 0.4) is 0 Å². The Bertz CT molecular complexity index is 455. The molecule has 21 heavy (non-hydrogen) atoms. The smallest absolute Gasteiger partial charge is 0.227 e. The molecule has 0 aliphatic carbocycles. The minimum atomic E-state index is -0.944. The highest BCUT2D eigenvalue weighted by molar-refractivity contribution is 5.83. The van der Waals surface area contributed by atoms with Crippen LogP contribution in [0, 0.1) is 17.6 Å². The maximum Gasteiger partial charge on any atom is 0.227 e. The van der Waals surface area contributed by atoms with Crippen molar-refractivity contribution >= 4 is 5.91 Å². The summed E-state index contributed by atoms with van der Waals surface area (Å²) < 4.78 is 27.3. The van der Waals surface area contributed by atoms with Crippen molar-refractivity contribution in [1.82, 2.24) is 5.32 Å². The van der Waals surface area contributed by atoms with Crippen LogP contribution in [0.2, 0.25) is 0 Å².